The van der Waals surface area contributed by atoms with E-state index >= 15 is 0 Å². The molecule has 0 unspecified atom stereocenters. The number of ether oxygens (including phenoxy) is 1. The fourth-order valence-electron chi connectivity index (χ4n) is 5.42. The Morgan fingerprint density at radius 1 is 0.867 bits per heavy atom. The highest BCUT2D eigenvalue weighted by molar-refractivity contribution is 7.92. The Kier molecular flexibility index (Phi) is 10.2. The number of imidazole rings is 1. The lowest BCUT2D eigenvalue weighted by Gasteiger charge is -2.25. The lowest BCUT2D eigenvalue weighted by molar-refractivity contribution is 0.144. The number of fused-ring (bicyclic) bond motifs is 1. The molecule has 0 saturated heterocycles. The van der Waals surface area contributed by atoms with Gasteiger partial charge in [-0.25, -0.2) is 18.2 Å². The van der Waals surface area contributed by atoms with Gasteiger partial charge in [-0.2, -0.15) is 0 Å². The summed E-state index contributed by atoms with van der Waals surface area (Å²) in [4.78, 5) is 16.2. The summed E-state index contributed by atoms with van der Waals surface area (Å²) < 4.78 is 36.0. The first-order valence-corrected chi connectivity index (χ1v) is 17.0. The Labute approximate surface area is 265 Å². The van der Waals surface area contributed by atoms with Crippen molar-refractivity contribution in [1.82, 2.24) is 9.55 Å². The predicted molar refractivity (Wildman–Crippen MR) is 179 cm³/mol. The number of unbranched alkanes of at least 4 members (excludes halogenated alkanes) is 2. The second-order valence-corrected chi connectivity index (χ2v) is 13.1. The fourth-order valence-corrected chi connectivity index (χ4v) is 7.07. The van der Waals surface area contributed by atoms with Crippen molar-refractivity contribution >= 4 is 32.9 Å². The van der Waals surface area contributed by atoms with Crippen molar-refractivity contribution in [2.75, 3.05) is 10.1 Å². The highest BCUT2D eigenvalue weighted by atomic mass is 32.2. The van der Waals surface area contributed by atoms with Gasteiger partial charge in [0.15, 0.2) is 0 Å². The average molecular weight is 626 g/mol. The van der Waals surface area contributed by atoms with Gasteiger partial charge in [0.05, 0.1) is 29.0 Å². The molecule has 0 bridgehead atoms. The molecule has 0 saturated carbocycles. The first kappa shape index (κ1) is 31.8. The normalized spacial score (nSPS) is 11.5. The van der Waals surface area contributed by atoms with Crippen LogP contribution in [-0.2, 0) is 29.5 Å². The number of sulfonamides is 1. The van der Waals surface area contributed by atoms with Gasteiger partial charge in [0.1, 0.15) is 11.6 Å². The first-order chi connectivity index (χ1) is 21.8. The van der Waals surface area contributed by atoms with Crippen LogP contribution in [0.4, 0.5) is 10.5 Å². The summed E-state index contributed by atoms with van der Waals surface area (Å²) in [5.41, 5.74) is 5.82. The number of carboxylic acid groups (broad SMARTS) is 1. The standard InChI is InChI=1S/C36H39N3O5S/c1-3-5-16-35-37-32-22-21-30(39(45(42,43)23-6-4-2)26-27-12-8-7-9-13-27)24-33(32)38(35)25-28-17-19-29(20-18-28)31-14-10-11-15-34(31)44-36(40)41/h7-15,17-22,24H,3-6,16,23,25-26H2,1-2H3,(H,40,41). The van der Waals surface area contributed by atoms with Crippen LogP contribution in [0.1, 0.15) is 56.5 Å². The van der Waals surface area contributed by atoms with Crippen LogP contribution in [0.3, 0.4) is 0 Å². The molecule has 0 amide bonds. The van der Waals surface area contributed by atoms with Gasteiger partial charge in [0, 0.05) is 18.5 Å². The molecule has 0 atom stereocenters. The average Bonchev–Trinajstić information content (AvgIpc) is 3.38. The minimum absolute atomic E-state index is 0.0857. The number of hydrogen-bond acceptors (Lipinski definition) is 5. The van der Waals surface area contributed by atoms with Crippen LogP contribution in [0.25, 0.3) is 22.2 Å². The van der Waals surface area contributed by atoms with E-state index in [1.165, 1.54) is 4.31 Å². The second kappa shape index (κ2) is 14.4. The number of nitrogens with zero attached hydrogens (tertiary/aromatic N) is 3. The van der Waals surface area contributed by atoms with E-state index in [9.17, 15) is 13.2 Å². The number of para-hydroxylation sites is 1. The second-order valence-electron chi connectivity index (χ2n) is 11.1. The molecular weight excluding hydrogens is 586 g/mol. The van der Waals surface area contributed by atoms with Crippen molar-refractivity contribution in [3.8, 4) is 16.9 Å². The van der Waals surface area contributed by atoms with Gasteiger partial charge in [-0.15, -0.1) is 0 Å². The van der Waals surface area contributed by atoms with Gasteiger partial charge in [-0.3, -0.25) is 4.31 Å². The molecule has 8 nitrogen and oxygen atoms in total. The van der Waals surface area contributed by atoms with Crippen LogP contribution in [-0.4, -0.2) is 35.0 Å². The van der Waals surface area contributed by atoms with E-state index in [4.69, 9.17) is 14.8 Å². The molecule has 5 aromatic rings. The van der Waals surface area contributed by atoms with Crippen molar-refractivity contribution in [2.24, 2.45) is 0 Å². The molecule has 0 aliphatic heterocycles. The van der Waals surface area contributed by atoms with E-state index in [0.717, 1.165) is 59.2 Å². The largest absolute Gasteiger partial charge is 0.511 e. The molecule has 0 spiro atoms. The van der Waals surface area contributed by atoms with E-state index < -0.39 is 16.2 Å². The van der Waals surface area contributed by atoms with E-state index in [-0.39, 0.29) is 18.0 Å². The monoisotopic (exact) mass is 625 g/mol. The summed E-state index contributed by atoms with van der Waals surface area (Å²) in [6.07, 6.45) is 2.86. The summed E-state index contributed by atoms with van der Waals surface area (Å²) >= 11 is 0. The van der Waals surface area contributed by atoms with Crippen molar-refractivity contribution in [1.29, 1.82) is 0 Å². The third-order valence-electron chi connectivity index (χ3n) is 7.80. The highest BCUT2D eigenvalue weighted by Gasteiger charge is 2.24. The number of aromatic nitrogens is 2. The van der Waals surface area contributed by atoms with Gasteiger partial charge in [0.25, 0.3) is 0 Å². The summed E-state index contributed by atoms with van der Waals surface area (Å²) in [7, 11) is -3.57. The summed E-state index contributed by atoms with van der Waals surface area (Å²) in [6.45, 7) is 4.95. The Hall–Kier alpha value is -4.63. The van der Waals surface area contributed by atoms with Crippen LogP contribution in [0, 0.1) is 0 Å². The third kappa shape index (κ3) is 7.72. The van der Waals surface area contributed by atoms with Crippen LogP contribution >= 0.6 is 0 Å². The SMILES string of the molecule is CCCCc1nc2ccc(N(Cc3ccccc3)S(=O)(=O)CCCC)cc2n1Cc1ccc(-c2ccccc2OC(=O)O)cc1. The van der Waals surface area contributed by atoms with Crippen LogP contribution in [0.2, 0.25) is 0 Å². The van der Waals surface area contributed by atoms with E-state index in [0.29, 0.717) is 24.2 Å². The van der Waals surface area contributed by atoms with Crippen molar-refractivity contribution in [3.63, 3.8) is 0 Å². The Morgan fingerprint density at radius 3 is 2.29 bits per heavy atom. The number of anilines is 1. The quantitative estimate of drug-likeness (QED) is 0.0984. The zero-order chi connectivity index (χ0) is 31.8. The molecule has 1 aromatic heterocycles. The van der Waals surface area contributed by atoms with Crippen LogP contribution in [0.5, 0.6) is 5.75 Å². The Morgan fingerprint density at radius 2 is 1.58 bits per heavy atom. The van der Waals surface area contributed by atoms with E-state index in [2.05, 4.69) is 11.5 Å². The molecule has 0 radical (unpaired) electrons. The summed E-state index contributed by atoms with van der Waals surface area (Å²) in [6, 6.07) is 30.4. The molecule has 45 heavy (non-hydrogen) atoms. The smallest absolute Gasteiger partial charge is 0.449 e. The maximum absolute atomic E-state index is 13.6. The van der Waals surface area contributed by atoms with E-state index in [1.807, 2.05) is 91.9 Å². The Bertz CT molecular complexity index is 1850. The first-order valence-electron chi connectivity index (χ1n) is 15.4. The predicted octanol–water partition coefficient (Wildman–Crippen LogP) is 8.29. The molecule has 0 aliphatic rings. The third-order valence-corrected chi connectivity index (χ3v) is 9.62. The molecule has 5 rings (SSSR count). The van der Waals surface area contributed by atoms with Crippen LogP contribution in [0.15, 0.2) is 97.1 Å². The zero-order valence-corrected chi connectivity index (χ0v) is 26.5. The lowest BCUT2D eigenvalue weighted by Crippen LogP contribution is -2.32. The lowest BCUT2D eigenvalue weighted by atomic mass is 10.0. The van der Waals surface area contributed by atoms with E-state index in [1.54, 1.807) is 12.1 Å². The van der Waals surface area contributed by atoms with Gasteiger partial charge in [-0.05, 0) is 53.8 Å². The number of hydrogen-bond donors (Lipinski definition) is 1. The minimum Gasteiger partial charge on any atom is -0.449 e. The molecule has 0 aliphatic carbocycles. The Balaban J connectivity index is 1.52. The van der Waals surface area contributed by atoms with Gasteiger partial charge in [0.2, 0.25) is 10.0 Å². The molecule has 1 N–H and O–H groups in total. The minimum atomic E-state index is -3.57. The van der Waals surface area contributed by atoms with Crippen molar-refractivity contribution < 1.29 is 23.1 Å². The van der Waals surface area contributed by atoms with Crippen molar-refractivity contribution in [3.05, 3.63) is 114 Å². The molecule has 0 fully saturated rings. The van der Waals surface area contributed by atoms with Gasteiger partial charge < -0.3 is 14.4 Å². The summed E-state index contributed by atoms with van der Waals surface area (Å²) in [5, 5.41) is 9.14. The highest BCUT2D eigenvalue weighted by Crippen LogP contribution is 2.32. The van der Waals surface area contributed by atoms with Crippen LogP contribution < -0.4 is 9.04 Å². The van der Waals surface area contributed by atoms with Crippen molar-refractivity contribution in [2.45, 2.75) is 59.0 Å². The maximum Gasteiger partial charge on any atom is 0.511 e. The molecule has 1 heterocycles. The number of rotatable bonds is 14. The topological polar surface area (TPSA) is 102 Å². The molecular formula is C36H39N3O5S. The molecule has 4 aromatic carbocycles. The molecule has 9 heteroatoms. The molecule has 234 valence electrons. The maximum atomic E-state index is 13.6. The number of carbonyl (C=O) groups is 1. The zero-order valence-electron chi connectivity index (χ0n) is 25.7. The van der Waals surface area contributed by atoms with Gasteiger partial charge in [-0.1, -0.05) is 99.5 Å². The number of benzene rings is 4. The van der Waals surface area contributed by atoms with Gasteiger partial charge >= 0.3 is 6.16 Å². The summed E-state index contributed by atoms with van der Waals surface area (Å²) in [5.74, 6) is 1.32. The number of aryl methyl sites for hydroxylation is 1. The fraction of sp³-hybridized carbons (Fsp3) is 0.278.